The summed E-state index contributed by atoms with van der Waals surface area (Å²) in [6, 6.07) is 2.64. The van der Waals surface area contributed by atoms with Gasteiger partial charge in [-0.15, -0.1) is 0 Å². The molecule has 1 aromatic rings. The van der Waals surface area contributed by atoms with Crippen molar-refractivity contribution in [1.29, 1.82) is 0 Å². The van der Waals surface area contributed by atoms with Crippen molar-refractivity contribution in [2.75, 3.05) is 6.54 Å². The molecule has 1 nitrogen and oxygen atoms in total. The first kappa shape index (κ1) is 12.4. The molecule has 0 aliphatic carbocycles. The van der Waals surface area contributed by atoms with Crippen LogP contribution in [0.2, 0.25) is 0 Å². The minimum atomic E-state index is -2.78. The normalized spacial score (nSPS) is 28.1. The van der Waals surface area contributed by atoms with E-state index in [9.17, 15) is 17.6 Å². The fraction of sp³-hybridized carbons (Fsp3) is 0.500. The van der Waals surface area contributed by atoms with E-state index in [0.717, 1.165) is 12.1 Å². The molecule has 1 N–H and O–H groups in total. The summed E-state index contributed by atoms with van der Waals surface area (Å²) in [7, 11) is 0. The van der Waals surface area contributed by atoms with Crippen molar-refractivity contribution >= 4 is 0 Å². The molecule has 1 fully saturated rings. The summed E-state index contributed by atoms with van der Waals surface area (Å²) in [6.07, 6.45) is -0.390. The van der Waals surface area contributed by atoms with Gasteiger partial charge in [-0.1, -0.05) is 13.0 Å². The Hall–Kier alpha value is -1.10. The number of halogens is 4. The van der Waals surface area contributed by atoms with Gasteiger partial charge in [-0.25, -0.2) is 17.6 Å². The third-order valence-electron chi connectivity index (χ3n) is 3.21. The summed E-state index contributed by atoms with van der Waals surface area (Å²) in [4.78, 5) is 0. The summed E-state index contributed by atoms with van der Waals surface area (Å²) in [6.45, 7) is 1.63. The van der Waals surface area contributed by atoms with Crippen molar-refractivity contribution in [3.63, 3.8) is 0 Å². The van der Waals surface area contributed by atoms with Gasteiger partial charge in [0.15, 0.2) is 11.6 Å². The molecule has 0 aromatic heterocycles. The Bertz CT molecular complexity index is 419. The SMILES string of the molecule is C[C@H]1CN[C@H](c2ccc(F)c(F)c2)CC1(F)F. The van der Waals surface area contributed by atoms with E-state index in [1.165, 1.54) is 13.0 Å². The molecule has 5 heteroatoms. The van der Waals surface area contributed by atoms with Crippen LogP contribution in [0.3, 0.4) is 0 Å². The minimum absolute atomic E-state index is 0.163. The Morgan fingerprint density at radius 3 is 2.53 bits per heavy atom. The first-order valence-electron chi connectivity index (χ1n) is 5.46. The van der Waals surface area contributed by atoms with Crippen LogP contribution in [0.1, 0.15) is 24.9 Å². The molecule has 0 spiro atoms. The van der Waals surface area contributed by atoms with Crippen LogP contribution in [0, 0.1) is 17.6 Å². The predicted molar refractivity (Wildman–Crippen MR) is 55.8 cm³/mol. The Morgan fingerprint density at radius 2 is 1.94 bits per heavy atom. The molecule has 1 heterocycles. The quantitative estimate of drug-likeness (QED) is 0.751. The van der Waals surface area contributed by atoms with Gasteiger partial charge in [0, 0.05) is 24.9 Å². The van der Waals surface area contributed by atoms with E-state index >= 15 is 0 Å². The average molecular weight is 247 g/mol. The second kappa shape index (κ2) is 4.29. The highest BCUT2D eigenvalue weighted by atomic mass is 19.3. The number of hydrogen-bond acceptors (Lipinski definition) is 1. The molecular formula is C12H13F4N. The third kappa shape index (κ3) is 2.44. The van der Waals surface area contributed by atoms with Crippen LogP contribution in [0.5, 0.6) is 0 Å². The van der Waals surface area contributed by atoms with Gasteiger partial charge in [0.25, 0.3) is 5.92 Å². The topological polar surface area (TPSA) is 12.0 Å². The summed E-state index contributed by atoms with van der Waals surface area (Å²) < 4.78 is 52.8. The standard InChI is InChI=1S/C12H13F4N/c1-7-6-17-11(5-12(7,15)16)8-2-3-9(13)10(14)4-8/h2-4,7,11,17H,5-6H2,1H3/t7-,11-/m0/s1. The molecule has 0 radical (unpaired) electrons. The van der Waals surface area contributed by atoms with Gasteiger partial charge in [-0.3, -0.25) is 0 Å². The lowest BCUT2D eigenvalue weighted by molar-refractivity contribution is -0.0841. The molecule has 0 unspecified atom stereocenters. The Kier molecular flexibility index (Phi) is 3.12. The van der Waals surface area contributed by atoms with Gasteiger partial charge in [-0.2, -0.15) is 0 Å². The van der Waals surface area contributed by atoms with E-state index in [-0.39, 0.29) is 13.0 Å². The molecule has 2 atom stereocenters. The summed E-state index contributed by atoms with van der Waals surface area (Å²) in [5.41, 5.74) is 0.357. The van der Waals surface area contributed by atoms with Crippen LogP contribution in [-0.4, -0.2) is 12.5 Å². The molecule has 94 valence electrons. The number of nitrogens with one attached hydrogen (secondary N) is 1. The minimum Gasteiger partial charge on any atom is -0.309 e. The highest BCUT2D eigenvalue weighted by Gasteiger charge is 2.42. The maximum atomic E-state index is 13.5. The fourth-order valence-electron chi connectivity index (χ4n) is 1.98. The lowest BCUT2D eigenvalue weighted by Gasteiger charge is -2.35. The second-order valence-electron chi connectivity index (χ2n) is 4.50. The van der Waals surface area contributed by atoms with Crippen molar-refractivity contribution in [3.05, 3.63) is 35.4 Å². The van der Waals surface area contributed by atoms with Crippen molar-refractivity contribution in [2.45, 2.75) is 25.3 Å². The van der Waals surface area contributed by atoms with Crippen LogP contribution in [-0.2, 0) is 0 Å². The lowest BCUT2D eigenvalue weighted by Crippen LogP contribution is -2.45. The number of alkyl halides is 2. The van der Waals surface area contributed by atoms with Gasteiger partial charge >= 0.3 is 0 Å². The van der Waals surface area contributed by atoms with Crippen molar-refractivity contribution < 1.29 is 17.6 Å². The average Bonchev–Trinajstić information content (AvgIpc) is 2.26. The summed E-state index contributed by atoms with van der Waals surface area (Å²) in [5, 5.41) is 2.92. The number of hydrogen-bond donors (Lipinski definition) is 1. The fourth-order valence-corrected chi connectivity index (χ4v) is 1.98. The third-order valence-corrected chi connectivity index (χ3v) is 3.21. The molecule has 0 saturated carbocycles. The van der Waals surface area contributed by atoms with E-state index in [0.29, 0.717) is 5.56 Å². The van der Waals surface area contributed by atoms with Crippen molar-refractivity contribution in [1.82, 2.24) is 5.32 Å². The first-order chi connectivity index (χ1) is 7.90. The van der Waals surface area contributed by atoms with Crippen LogP contribution in [0.4, 0.5) is 17.6 Å². The zero-order valence-corrected chi connectivity index (χ0v) is 9.31. The van der Waals surface area contributed by atoms with Gasteiger partial charge in [-0.05, 0) is 17.7 Å². The molecule has 1 aliphatic heterocycles. The molecule has 1 saturated heterocycles. The monoisotopic (exact) mass is 247 g/mol. The first-order valence-corrected chi connectivity index (χ1v) is 5.46. The Morgan fingerprint density at radius 1 is 1.24 bits per heavy atom. The van der Waals surface area contributed by atoms with Gasteiger partial charge < -0.3 is 5.32 Å². The van der Waals surface area contributed by atoms with Crippen molar-refractivity contribution in [2.24, 2.45) is 5.92 Å². The molecule has 0 bridgehead atoms. The highest BCUT2D eigenvalue weighted by Crippen LogP contribution is 2.38. The van der Waals surface area contributed by atoms with Crippen LogP contribution >= 0.6 is 0 Å². The van der Waals surface area contributed by atoms with Crippen LogP contribution in [0.25, 0.3) is 0 Å². The second-order valence-corrected chi connectivity index (χ2v) is 4.50. The Labute approximate surface area is 96.8 Å². The zero-order valence-electron chi connectivity index (χ0n) is 9.31. The van der Waals surface area contributed by atoms with Gasteiger partial charge in [0.05, 0.1) is 0 Å². The molecule has 0 amide bonds. The van der Waals surface area contributed by atoms with E-state index in [4.69, 9.17) is 0 Å². The molecule has 1 aliphatic rings. The Balaban J connectivity index is 2.21. The maximum absolute atomic E-state index is 13.5. The van der Waals surface area contributed by atoms with Crippen LogP contribution in [0.15, 0.2) is 18.2 Å². The molecular weight excluding hydrogens is 234 g/mol. The lowest BCUT2D eigenvalue weighted by atomic mass is 9.88. The van der Waals surface area contributed by atoms with E-state index in [2.05, 4.69) is 5.32 Å². The van der Waals surface area contributed by atoms with Crippen molar-refractivity contribution in [3.8, 4) is 0 Å². The molecule has 1 aromatic carbocycles. The van der Waals surface area contributed by atoms with Gasteiger partial charge in [0.2, 0.25) is 0 Å². The number of piperidine rings is 1. The van der Waals surface area contributed by atoms with Gasteiger partial charge in [0.1, 0.15) is 0 Å². The van der Waals surface area contributed by atoms with E-state index in [1.54, 1.807) is 0 Å². The molecule has 17 heavy (non-hydrogen) atoms. The van der Waals surface area contributed by atoms with E-state index in [1.807, 2.05) is 0 Å². The largest absolute Gasteiger partial charge is 0.309 e. The summed E-state index contributed by atoms with van der Waals surface area (Å²) in [5.74, 6) is -5.50. The molecule has 2 rings (SSSR count). The maximum Gasteiger partial charge on any atom is 0.253 e. The summed E-state index contributed by atoms with van der Waals surface area (Å²) >= 11 is 0. The number of rotatable bonds is 1. The number of benzene rings is 1. The smallest absolute Gasteiger partial charge is 0.253 e. The van der Waals surface area contributed by atoms with Crippen LogP contribution < -0.4 is 5.32 Å². The highest BCUT2D eigenvalue weighted by molar-refractivity contribution is 5.22. The van der Waals surface area contributed by atoms with E-state index < -0.39 is 29.5 Å². The zero-order chi connectivity index (χ0) is 12.6. The predicted octanol–water partition coefficient (Wildman–Crippen LogP) is 3.27.